The Labute approximate surface area is 104 Å². The highest BCUT2D eigenvalue weighted by Crippen LogP contribution is 2.19. The van der Waals surface area contributed by atoms with E-state index >= 15 is 0 Å². The van der Waals surface area contributed by atoms with E-state index in [2.05, 4.69) is 16.4 Å². The molecule has 0 saturated carbocycles. The molecule has 0 aliphatic rings. The largest absolute Gasteiger partial charge is 0.398 e. The van der Waals surface area contributed by atoms with Crippen molar-refractivity contribution < 1.29 is 0 Å². The quantitative estimate of drug-likeness (QED) is 0.813. The van der Waals surface area contributed by atoms with E-state index in [0.29, 0.717) is 17.8 Å². The minimum absolute atomic E-state index is 0.496. The second kappa shape index (κ2) is 4.85. The number of thiazole rings is 1. The van der Waals surface area contributed by atoms with Crippen molar-refractivity contribution in [2.75, 3.05) is 11.1 Å². The van der Waals surface area contributed by atoms with Crippen LogP contribution >= 0.6 is 11.3 Å². The molecule has 2 aromatic rings. The molecule has 0 atom stereocenters. The van der Waals surface area contributed by atoms with Gasteiger partial charge in [0.15, 0.2) is 0 Å². The molecule has 1 aromatic carbocycles. The van der Waals surface area contributed by atoms with Gasteiger partial charge in [-0.25, -0.2) is 4.98 Å². The van der Waals surface area contributed by atoms with Crippen molar-refractivity contribution in [3.63, 3.8) is 0 Å². The normalized spacial score (nSPS) is 9.88. The van der Waals surface area contributed by atoms with E-state index in [1.54, 1.807) is 23.5 Å². The van der Waals surface area contributed by atoms with Gasteiger partial charge in [-0.05, 0) is 25.1 Å². The van der Waals surface area contributed by atoms with Gasteiger partial charge in [-0.2, -0.15) is 5.26 Å². The van der Waals surface area contributed by atoms with Gasteiger partial charge in [0, 0.05) is 16.3 Å². The number of nitrogens with one attached hydrogen (secondary N) is 1. The molecule has 1 aromatic heterocycles. The minimum Gasteiger partial charge on any atom is -0.398 e. The molecule has 0 aliphatic carbocycles. The summed E-state index contributed by atoms with van der Waals surface area (Å²) < 4.78 is 0. The number of anilines is 2. The minimum atomic E-state index is 0.496. The smallest absolute Gasteiger partial charge is 0.101 e. The third kappa shape index (κ3) is 2.55. The standard InChI is InChI=1S/C12H12N4S/c1-8-12(17-7-16-8)6-15-10-2-3-11(14)9(4-10)5-13/h2-4,7,15H,6,14H2,1H3. The van der Waals surface area contributed by atoms with Gasteiger partial charge in [0.2, 0.25) is 0 Å². The van der Waals surface area contributed by atoms with E-state index < -0.39 is 0 Å². The van der Waals surface area contributed by atoms with Crippen LogP contribution in [0.3, 0.4) is 0 Å². The van der Waals surface area contributed by atoms with Crippen LogP contribution in [-0.4, -0.2) is 4.98 Å². The Kier molecular flexibility index (Phi) is 3.26. The summed E-state index contributed by atoms with van der Waals surface area (Å²) in [6, 6.07) is 7.43. The Bertz CT molecular complexity index is 568. The fraction of sp³-hybridized carbons (Fsp3) is 0.167. The molecular formula is C12H12N4S. The van der Waals surface area contributed by atoms with Crippen LogP contribution in [0.5, 0.6) is 0 Å². The highest BCUT2D eigenvalue weighted by atomic mass is 32.1. The Morgan fingerprint density at radius 1 is 1.53 bits per heavy atom. The van der Waals surface area contributed by atoms with Crippen molar-refractivity contribution in [2.45, 2.75) is 13.5 Å². The Hall–Kier alpha value is -2.06. The molecule has 0 radical (unpaired) electrons. The number of hydrogen-bond donors (Lipinski definition) is 2. The molecule has 5 heteroatoms. The van der Waals surface area contributed by atoms with Gasteiger partial charge in [0.05, 0.1) is 23.3 Å². The van der Waals surface area contributed by atoms with Gasteiger partial charge in [-0.15, -0.1) is 11.3 Å². The number of rotatable bonds is 3. The van der Waals surface area contributed by atoms with Crippen LogP contribution in [0.2, 0.25) is 0 Å². The van der Waals surface area contributed by atoms with E-state index in [9.17, 15) is 0 Å². The molecule has 0 saturated heterocycles. The highest BCUT2D eigenvalue weighted by Gasteiger charge is 2.03. The van der Waals surface area contributed by atoms with Gasteiger partial charge in [0.25, 0.3) is 0 Å². The van der Waals surface area contributed by atoms with Crippen LogP contribution in [0.25, 0.3) is 0 Å². The number of nitriles is 1. The van der Waals surface area contributed by atoms with Gasteiger partial charge in [0.1, 0.15) is 6.07 Å². The number of aromatic nitrogens is 1. The number of nitrogen functional groups attached to an aromatic ring is 1. The third-order valence-electron chi connectivity index (χ3n) is 2.47. The monoisotopic (exact) mass is 244 g/mol. The first-order valence-corrected chi connectivity index (χ1v) is 6.01. The SMILES string of the molecule is Cc1ncsc1CNc1ccc(N)c(C#N)c1. The van der Waals surface area contributed by atoms with Crippen LogP contribution in [0, 0.1) is 18.3 Å². The zero-order valence-corrected chi connectivity index (χ0v) is 10.2. The maximum atomic E-state index is 8.87. The Morgan fingerprint density at radius 2 is 2.35 bits per heavy atom. The van der Waals surface area contributed by atoms with E-state index in [-0.39, 0.29) is 0 Å². The molecule has 0 bridgehead atoms. The number of nitrogens with zero attached hydrogens (tertiary/aromatic N) is 2. The molecule has 0 amide bonds. The first kappa shape index (κ1) is 11.4. The Balaban J connectivity index is 2.10. The summed E-state index contributed by atoms with van der Waals surface area (Å²) in [5, 5.41) is 12.1. The third-order valence-corrected chi connectivity index (χ3v) is 3.41. The van der Waals surface area contributed by atoms with Gasteiger partial charge in [-0.1, -0.05) is 0 Å². The summed E-state index contributed by atoms with van der Waals surface area (Å²) in [7, 11) is 0. The van der Waals surface area contributed by atoms with E-state index in [0.717, 1.165) is 11.4 Å². The van der Waals surface area contributed by atoms with Crippen molar-refractivity contribution in [2.24, 2.45) is 0 Å². The van der Waals surface area contributed by atoms with Crippen LogP contribution < -0.4 is 11.1 Å². The first-order valence-electron chi connectivity index (χ1n) is 5.13. The lowest BCUT2D eigenvalue weighted by molar-refractivity contribution is 1.12. The lowest BCUT2D eigenvalue weighted by atomic mass is 10.2. The summed E-state index contributed by atoms with van der Waals surface area (Å²) in [6.07, 6.45) is 0. The molecule has 2 rings (SSSR count). The molecular weight excluding hydrogens is 232 g/mol. The molecule has 0 aliphatic heterocycles. The fourth-order valence-electron chi connectivity index (χ4n) is 1.44. The molecule has 0 unspecified atom stereocenters. The number of benzene rings is 1. The van der Waals surface area contributed by atoms with Crippen LogP contribution in [-0.2, 0) is 6.54 Å². The molecule has 17 heavy (non-hydrogen) atoms. The van der Waals surface area contributed by atoms with Crippen molar-refractivity contribution in [1.29, 1.82) is 5.26 Å². The van der Waals surface area contributed by atoms with Crippen molar-refractivity contribution in [3.8, 4) is 6.07 Å². The average Bonchev–Trinajstić information content (AvgIpc) is 2.74. The zero-order chi connectivity index (χ0) is 12.3. The van der Waals surface area contributed by atoms with E-state index in [4.69, 9.17) is 11.0 Å². The topological polar surface area (TPSA) is 74.7 Å². The maximum Gasteiger partial charge on any atom is 0.101 e. The predicted octanol–water partition coefficient (Wildman–Crippen LogP) is 2.52. The fourth-order valence-corrected chi connectivity index (χ4v) is 2.16. The molecule has 0 fully saturated rings. The van der Waals surface area contributed by atoms with Gasteiger partial charge >= 0.3 is 0 Å². The van der Waals surface area contributed by atoms with E-state index in [1.807, 2.05) is 18.5 Å². The molecule has 0 spiro atoms. The Morgan fingerprint density at radius 3 is 3.00 bits per heavy atom. The number of aryl methyl sites for hydroxylation is 1. The van der Waals surface area contributed by atoms with E-state index in [1.165, 1.54) is 4.88 Å². The summed E-state index contributed by atoms with van der Waals surface area (Å²) >= 11 is 1.62. The second-order valence-electron chi connectivity index (χ2n) is 3.63. The van der Waals surface area contributed by atoms with Crippen LogP contribution in [0.4, 0.5) is 11.4 Å². The lowest BCUT2D eigenvalue weighted by Gasteiger charge is -2.06. The molecule has 4 nitrogen and oxygen atoms in total. The van der Waals surface area contributed by atoms with Crippen molar-refractivity contribution >= 4 is 22.7 Å². The predicted molar refractivity (Wildman–Crippen MR) is 69.7 cm³/mol. The van der Waals surface area contributed by atoms with Gasteiger partial charge < -0.3 is 11.1 Å². The van der Waals surface area contributed by atoms with Crippen molar-refractivity contribution in [1.82, 2.24) is 4.98 Å². The average molecular weight is 244 g/mol. The maximum absolute atomic E-state index is 8.87. The second-order valence-corrected chi connectivity index (χ2v) is 4.57. The number of hydrogen-bond acceptors (Lipinski definition) is 5. The lowest BCUT2D eigenvalue weighted by Crippen LogP contribution is -2.00. The number of nitrogens with two attached hydrogens (primary N) is 1. The first-order chi connectivity index (χ1) is 8.20. The summed E-state index contributed by atoms with van der Waals surface area (Å²) in [5.74, 6) is 0. The van der Waals surface area contributed by atoms with Crippen LogP contribution in [0.15, 0.2) is 23.7 Å². The van der Waals surface area contributed by atoms with Crippen LogP contribution in [0.1, 0.15) is 16.1 Å². The molecule has 1 heterocycles. The zero-order valence-electron chi connectivity index (χ0n) is 9.40. The highest BCUT2D eigenvalue weighted by molar-refractivity contribution is 7.09. The van der Waals surface area contributed by atoms with Crippen molar-refractivity contribution in [3.05, 3.63) is 39.8 Å². The molecule has 3 N–H and O–H groups in total. The van der Waals surface area contributed by atoms with Gasteiger partial charge in [-0.3, -0.25) is 0 Å². The summed E-state index contributed by atoms with van der Waals surface area (Å²) in [4.78, 5) is 5.38. The summed E-state index contributed by atoms with van der Waals surface area (Å²) in [6.45, 7) is 2.70. The molecule has 86 valence electrons. The summed E-state index contributed by atoms with van der Waals surface area (Å²) in [5.41, 5.74) is 10.4.